The van der Waals surface area contributed by atoms with Crippen molar-refractivity contribution in [1.82, 2.24) is 0 Å². The van der Waals surface area contributed by atoms with E-state index in [1.165, 1.54) is 12.1 Å². The van der Waals surface area contributed by atoms with Crippen molar-refractivity contribution in [1.29, 1.82) is 0 Å². The van der Waals surface area contributed by atoms with Gasteiger partial charge in [-0.3, -0.25) is 0 Å². The van der Waals surface area contributed by atoms with E-state index in [-0.39, 0.29) is 5.41 Å². The van der Waals surface area contributed by atoms with Gasteiger partial charge in [0.25, 0.3) is 0 Å². The molecule has 0 saturated carbocycles. The Balaban J connectivity index is 2.39. The molecule has 1 rings (SSSR count). The lowest BCUT2D eigenvalue weighted by Gasteiger charge is -2.21. The number of nitrogens with two attached hydrogens (primary N) is 1. The molecule has 1 aromatic carbocycles. The van der Waals surface area contributed by atoms with Gasteiger partial charge in [-0.2, -0.15) is 13.2 Å². The Morgan fingerprint density at radius 3 is 2.16 bits per heavy atom. The molecule has 0 aliphatic rings. The summed E-state index contributed by atoms with van der Waals surface area (Å²) in [5.74, 6) is 0.457. The number of hydrogen-bond donors (Lipinski definition) is 1. The van der Waals surface area contributed by atoms with Gasteiger partial charge >= 0.3 is 6.18 Å². The van der Waals surface area contributed by atoms with E-state index in [4.69, 9.17) is 10.5 Å². The van der Waals surface area contributed by atoms with Gasteiger partial charge in [0.15, 0.2) is 0 Å². The highest BCUT2D eigenvalue weighted by molar-refractivity contribution is 5.28. The predicted octanol–water partition coefficient (Wildman–Crippen LogP) is 3.85. The number of halogens is 3. The molecule has 0 atom stereocenters. The number of rotatable bonds is 6. The third-order valence-electron chi connectivity index (χ3n) is 3.00. The van der Waals surface area contributed by atoms with E-state index in [0.29, 0.717) is 18.9 Å². The summed E-state index contributed by atoms with van der Waals surface area (Å²) in [5, 5.41) is 0. The molecule has 5 heteroatoms. The lowest BCUT2D eigenvalue weighted by atomic mass is 9.88. The summed E-state index contributed by atoms with van der Waals surface area (Å²) < 4.78 is 42.4. The van der Waals surface area contributed by atoms with Crippen LogP contribution in [-0.4, -0.2) is 13.2 Å². The molecule has 0 aromatic heterocycles. The van der Waals surface area contributed by atoms with E-state index in [1.807, 2.05) is 0 Å². The number of hydrogen-bond acceptors (Lipinski definition) is 2. The summed E-state index contributed by atoms with van der Waals surface area (Å²) in [6, 6.07) is 4.74. The van der Waals surface area contributed by atoms with Gasteiger partial charge in [-0.1, -0.05) is 13.8 Å². The third-order valence-corrected chi connectivity index (χ3v) is 3.00. The Morgan fingerprint density at radius 2 is 1.68 bits per heavy atom. The molecule has 0 unspecified atom stereocenters. The number of alkyl halides is 3. The normalized spacial score (nSPS) is 12.5. The maximum Gasteiger partial charge on any atom is 0.416 e. The maximum atomic E-state index is 12.3. The van der Waals surface area contributed by atoms with Crippen LogP contribution in [0.5, 0.6) is 5.75 Å². The van der Waals surface area contributed by atoms with Crippen LogP contribution in [0.2, 0.25) is 0 Å². The summed E-state index contributed by atoms with van der Waals surface area (Å²) in [6.07, 6.45) is -2.56. The molecule has 0 radical (unpaired) electrons. The van der Waals surface area contributed by atoms with Crippen LogP contribution < -0.4 is 10.5 Å². The molecule has 2 N–H and O–H groups in total. The van der Waals surface area contributed by atoms with Gasteiger partial charge in [0.2, 0.25) is 0 Å². The average Bonchev–Trinajstić information content (AvgIpc) is 2.34. The van der Waals surface area contributed by atoms with Crippen LogP contribution in [-0.2, 0) is 6.18 Å². The molecule has 0 aliphatic carbocycles. The Bertz CT molecular complexity index is 385. The molecule has 108 valence electrons. The summed E-state index contributed by atoms with van der Waals surface area (Å²) in [6.45, 7) is 5.23. The molecule has 0 fully saturated rings. The van der Waals surface area contributed by atoms with Crippen molar-refractivity contribution in [2.24, 2.45) is 11.1 Å². The van der Waals surface area contributed by atoms with Crippen LogP contribution in [0.1, 0.15) is 32.3 Å². The van der Waals surface area contributed by atoms with Gasteiger partial charge in [-0.05, 0) is 49.1 Å². The molecular formula is C14H20F3NO. The Labute approximate surface area is 111 Å². The minimum Gasteiger partial charge on any atom is -0.494 e. The Kier molecular flexibility index (Phi) is 5.23. The van der Waals surface area contributed by atoms with E-state index >= 15 is 0 Å². The van der Waals surface area contributed by atoms with Gasteiger partial charge in [0, 0.05) is 0 Å². The summed E-state index contributed by atoms with van der Waals surface area (Å²) in [4.78, 5) is 0. The Morgan fingerprint density at radius 1 is 1.11 bits per heavy atom. The molecule has 19 heavy (non-hydrogen) atoms. The van der Waals surface area contributed by atoms with Crippen molar-refractivity contribution in [2.45, 2.75) is 32.9 Å². The molecule has 0 bridgehead atoms. The standard InChI is InChI=1S/C14H20F3NO/c1-13(2,10-18)8-3-9-19-12-6-4-11(5-7-12)14(15,16)17/h4-7H,3,8-10,18H2,1-2H3. The maximum absolute atomic E-state index is 12.3. The lowest BCUT2D eigenvalue weighted by molar-refractivity contribution is -0.137. The zero-order chi connectivity index (χ0) is 14.5. The summed E-state index contributed by atoms with van der Waals surface area (Å²) >= 11 is 0. The molecular weight excluding hydrogens is 255 g/mol. The first-order valence-corrected chi connectivity index (χ1v) is 6.25. The smallest absolute Gasteiger partial charge is 0.416 e. The van der Waals surface area contributed by atoms with Crippen LogP contribution in [0.15, 0.2) is 24.3 Å². The molecule has 0 aliphatic heterocycles. The zero-order valence-corrected chi connectivity index (χ0v) is 11.3. The minimum atomic E-state index is -4.30. The minimum absolute atomic E-state index is 0.0729. The molecule has 2 nitrogen and oxygen atoms in total. The fourth-order valence-corrected chi connectivity index (χ4v) is 1.58. The number of benzene rings is 1. The summed E-state index contributed by atoms with van der Waals surface area (Å²) in [5.41, 5.74) is 5.02. The van der Waals surface area contributed by atoms with E-state index < -0.39 is 11.7 Å². The average molecular weight is 275 g/mol. The third kappa shape index (κ3) is 5.51. The second-order valence-corrected chi connectivity index (χ2v) is 5.34. The second-order valence-electron chi connectivity index (χ2n) is 5.34. The topological polar surface area (TPSA) is 35.2 Å². The van der Waals surface area contributed by atoms with Crippen molar-refractivity contribution in [3.63, 3.8) is 0 Å². The predicted molar refractivity (Wildman–Crippen MR) is 69.0 cm³/mol. The van der Waals surface area contributed by atoms with E-state index in [1.54, 1.807) is 0 Å². The van der Waals surface area contributed by atoms with Crippen LogP contribution in [0.25, 0.3) is 0 Å². The van der Waals surface area contributed by atoms with E-state index in [0.717, 1.165) is 25.0 Å². The van der Waals surface area contributed by atoms with E-state index in [9.17, 15) is 13.2 Å². The van der Waals surface area contributed by atoms with Gasteiger partial charge in [0.05, 0.1) is 12.2 Å². The SMILES string of the molecule is CC(C)(CN)CCCOc1ccc(C(F)(F)F)cc1. The highest BCUT2D eigenvalue weighted by Gasteiger charge is 2.29. The quantitative estimate of drug-likeness (QED) is 0.800. The van der Waals surface area contributed by atoms with Gasteiger partial charge in [0.1, 0.15) is 5.75 Å². The van der Waals surface area contributed by atoms with Crippen LogP contribution >= 0.6 is 0 Å². The fraction of sp³-hybridized carbons (Fsp3) is 0.571. The van der Waals surface area contributed by atoms with Crippen molar-refractivity contribution in [2.75, 3.05) is 13.2 Å². The van der Waals surface area contributed by atoms with Crippen molar-refractivity contribution >= 4 is 0 Å². The monoisotopic (exact) mass is 275 g/mol. The molecule has 1 aromatic rings. The fourth-order valence-electron chi connectivity index (χ4n) is 1.58. The first-order chi connectivity index (χ1) is 8.74. The lowest BCUT2D eigenvalue weighted by Crippen LogP contribution is -2.23. The molecule has 0 spiro atoms. The molecule has 0 heterocycles. The van der Waals surface area contributed by atoms with E-state index in [2.05, 4.69) is 13.8 Å². The highest BCUT2D eigenvalue weighted by Crippen LogP contribution is 2.30. The number of ether oxygens (including phenoxy) is 1. The van der Waals surface area contributed by atoms with Crippen LogP contribution in [0.4, 0.5) is 13.2 Å². The molecule has 0 amide bonds. The first-order valence-electron chi connectivity index (χ1n) is 6.25. The second kappa shape index (κ2) is 6.28. The van der Waals surface area contributed by atoms with Crippen molar-refractivity contribution in [3.8, 4) is 5.75 Å². The largest absolute Gasteiger partial charge is 0.494 e. The Hall–Kier alpha value is -1.23. The van der Waals surface area contributed by atoms with Crippen LogP contribution in [0, 0.1) is 5.41 Å². The zero-order valence-electron chi connectivity index (χ0n) is 11.3. The summed E-state index contributed by atoms with van der Waals surface area (Å²) in [7, 11) is 0. The van der Waals surface area contributed by atoms with Crippen molar-refractivity contribution in [3.05, 3.63) is 29.8 Å². The first kappa shape index (κ1) is 15.8. The van der Waals surface area contributed by atoms with Gasteiger partial charge in [-0.25, -0.2) is 0 Å². The molecule has 0 saturated heterocycles. The van der Waals surface area contributed by atoms with Crippen molar-refractivity contribution < 1.29 is 17.9 Å². The van der Waals surface area contributed by atoms with Gasteiger partial charge < -0.3 is 10.5 Å². The van der Waals surface area contributed by atoms with Crippen LogP contribution in [0.3, 0.4) is 0 Å². The highest BCUT2D eigenvalue weighted by atomic mass is 19.4. The van der Waals surface area contributed by atoms with Gasteiger partial charge in [-0.15, -0.1) is 0 Å².